The third kappa shape index (κ3) is 1.87. The Bertz CT molecular complexity index is 723. The second-order valence-corrected chi connectivity index (χ2v) is 3.89. The fraction of sp³-hybridized carbons (Fsp3) is 0.154. The largest absolute Gasteiger partial charge is 0.493 e. The van der Waals surface area contributed by atoms with E-state index in [-0.39, 0.29) is 0 Å². The minimum atomic E-state index is 0.639. The molecule has 0 aliphatic heterocycles. The van der Waals surface area contributed by atoms with E-state index in [1.807, 2.05) is 30.3 Å². The molecule has 2 heterocycles. The molecular weight excluding hydrogens is 244 g/mol. The van der Waals surface area contributed by atoms with Gasteiger partial charge in [0.15, 0.2) is 17.1 Å². The maximum Gasteiger partial charge on any atom is 0.183 e. The molecule has 6 nitrogen and oxygen atoms in total. The highest BCUT2D eigenvalue weighted by atomic mass is 16.5. The van der Waals surface area contributed by atoms with Crippen molar-refractivity contribution in [1.29, 1.82) is 0 Å². The van der Waals surface area contributed by atoms with Gasteiger partial charge in [-0.15, -0.1) is 5.10 Å². The van der Waals surface area contributed by atoms with Crippen LogP contribution >= 0.6 is 0 Å². The first-order chi connectivity index (χ1) is 9.33. The van der Waals surface area contributed by atoms with Gasteiger partial charge in [-0.2, -0.15) is 4.68 Å². The fourth-order valence-electron chi connectivity index (χ4n) is 1.90. The van der Waals surface area contributed by atoms with Gasteiger partial charge in [0, 0.05) is 12.3 Å². The summed E-state index contributed by atoms with van der Waals surface area (Å²) >= 11 is 0. The van der Waals surface area contributed by atoms with Crippen molar-refractivity contribution < 1.29 is 9.47 Å². The molecule has 3 rings (SSSR count). The van der Waals surface area contributed by atoms with Crippen LogP contribution in [0.4, 0.5) is 0 Å². The van der Waals surface area contributed by atoms with Crippen molar-refractivity contribution in [3.63, 3.8) is 0 Å². The molecule has 0 saturated carbocycles. The third-order valence-electron chi connectivity index (χ3n) is 2.82. The minimum absolute atomic E-state index is 0.639. The van der Waals surface area contributed by atoms with Crippen LogP contribution in [0.2, 0.25) is 0 Å². The van der Waals surface area contributed by atoms with Crippen LogP contribution < -0.4 is 9.47 Å². The predicted octanol–water partition coefficient (Wildman–Crippen LogP) is 1.83. The number of hydrogen-bond donors (Lipinski definition) is 0. The molecule has 0 atom stereocenters. The molecule has 6 heteroatoms. The van der Waals surface area contributed by atoms with Gasteiger partial charge in [0.25, 0.3) is 0 Å². The Labute approximate surface area is 109 Å². The summed E-state index contributed by atoms with van der Waals surface area (Å²) in [5.41, 5.74) is 2.27. The molecule has 0 fully saturated rings. The van der Waals surface area contributed by atoms with Crippen molar-refractivity contribution in [3.05, 3.63) is 36.5 Å². The summed E-state index contributed by atoms with van der Waals surface area (Å²) in [7, 11) is 3.20. The van der Waals surface area contributed by atoms with Crippen molar-refractivity contribution in [2.24, 2.45) is 0 Å². The third-order valence-corrected chi connectivity index (χ3v) is 2.82. The lowest BCUT2D eigenvalue weighted by molar-refractivity contribution is 0.355. The van der Waals surface area contributed by atoms with E-state index >= 15 is 0 Å². The van der Waals surface area contributed by atoms with E-state index in [1.54, 1.807) is 25.1 Å². The molecule has 0 spiro atoms. The smallest absolute Gasteiger partial charge is 0.183 e. The number of benzene rings is 1. The van der Waals surface area contributed by atoms with Gasteiger partial charge in [-0.1, -0.05) is 5.21 Å². The summed E-state index contributed by atoms with van der Waals surface area (Å²) in [6.07, 6.45) is 1.71. The second kappa shape index (κ2) is 4.56. The number of ether oxygens (including phenoxy) is 2. The van der Waals surface area contributed by atoms with Crippen LogP contribution in [0.3, 0.4) is 0 Å². The molecule has 0 bridgehead atoms. The zero-order chi connectivity index (χ0) is 13.2. The number of pyridine rings is 1. The molecular formula is C13H12N4O2. The number of fused-ring (bicyclic) bond motifs is 1. The summed E-state index contributed by atoms with van der Waals surface area (Å²) in [6, 6.07) is 9.24. The molecule has 0 amide bonds. The van der Waals surface area contributed by atoms with E-state index < -0.39 is 0 Å². The molecule has 0 aliphatic rings. The SMILES string of the molecule is COc1ccc(-n2nnc3cccnc32)cc1OC. The number of aromatic nitrogens is 4. The van der Waals surface area contributed by atoms with Crippen molar-refractivity contribution in [2.75, 3.05) is 14.2 Å². The summed E-state index contributed by atoms with van der Waals surface area (Å²) < 4.78 is 12.2. The maximum atomic E-state index is 5.28. The van der Waals surface area contributed by atoms with Gasteiger partial charge in [0.1, 0.15) is 5.52 Å². The van der Waals surface area contributed by atoms with Gasteiger partial charge in [-0.3, -0.25) is 0 Å². The van der Waals surface area contributed by atoms with Crippen molar-refractivity contribution in [2.45, 2.75) is 0 Å². The molecule has 0 N–H and O–H groups in total. The summed E-state index contributed by atoms with van der Waals surface area (Å²) in [4.78, 5) is 4.28. The summed E-state index contributed by atoms with van der Waals surface area (Å²) in [5, 5.41) is 8.18. The molecule has 0 aliphatic carbocycles. The number of hydrogen-bond acceptors (Lipinski definition) is 5. The topological polar surface area (TPSA) is 62.1 Å². The van der Waals surface area contributed by atoms with Crippen molar-refractivity contribution >= 4 is 11.2 Å². The van der Waals surface area contributed by atoms with Crippen LogP contribution in [0.5, 0.6) is 11.5 Å². The fourth-order valence-corrected chi connectivity index (χ4v) is 1.90. The predicted molar refractivity (Wildman–Crippen MR) is 69.8 cm³/mol. The molecule has 96 valence electrons. The van der Waals surface area contributed by atoms with Gasteiger partial charge in [-0.25, -0.2) is 4.98 Å². The molecule has 0 saturated heterocycles. The molecule has 1 aromatic carbocycles. The molecule has 0 radical (unpaired) electrons. The monoisotopic (exact) mass is 256 g/mol. The Morgan fingerprint density at radius 1 is 1.05 bits per heavy atom. The van der Waals surface area contributed by atoms with E-state index in [2.05, 4.69) is 15.3 Å². The van der Waals surface area contributed by atoms with E-state index in [9.17, 15) is 0 Å². The Morgan fingerprint density at radius 3 is 2.68 bits per heavy atom. The zero-order valence-corrected chi connectivity index (χ0v) is 10.6. The van der Waals surface area contributed by atoms with Gasteiger partial charge < -0.3 is 9.47 Å². The van der Waals surface area contributed by atoms with Gasteiger partial charge in [-0.05, 0) is 24.3 Å². The Balaban J connectivity index is 2.16. The highest BCUT2D eigenvalue weighted by Gasteiger charge is 2.10. The maximum absolute atomic E-state index is 5.28. The lowest BCUT2D eigenvalue weighted by Crippen LogP contribution is -1.99. The van der Waals surface area contributed by atoms with E-state index in [4.69, 9.17) is 9.47 Å². The lowest BCUT2D eigenvalue weighted by Gasteiger charge is -2.09. The quantitative estimate of drug-likeness (QED) is 0.715. The standard InChI is InChI=1S/C13H12N4O2/c1-18-11-6-5-9(8-12(11)19-2)17-13-10(15-16-17)4-3-7-14-13/h3-8H,1-2H3. The normalized spacial score (nSPS) is 10.6. The molecule has 2 aromatic heterocycles. The zero-order valence-electron chi connectivity index (χ0n) is 10.6. The van der Waals surface area contributed by atoms with Gasteiger partial charge in [0.2, 0.25) is 0 Å². The van der Waals surface area contributed by atoms with Crippen LogP contribution in [-0.2, 0) is 0 Å². The molecule has 19 heavy (non-hydrogen) atoms. The van der Waals surface area contributed by atoms with Gasteiger partial charge >= 0.3 is 0 Å². The first-order valence-corrected chi connectivity index (χ1v) is 5.72. The number of nitrogens with zero attached hydrogens (tertiary/aromatic N) is 4. The highest BCUT2D eigenvalue weighted by molar-refractivity contribution is 5.71. The average molecular weight is 256 g/mol. The summed E-state index contributed by atoms with van der Waals surface area (Å²) in [5.74, 6) is 1.31. The van der Waals surface area contributed by atoms with Crippen LogP contribution in [0, 0.1) is 0 Å². The van der Waals surface area contributed by atoms with E-state index in [0.717, 1.165) is 11.2 Å². The van der Waals surface area contributed by atoms with Crippen LogP contribution in [0.1, 0.15) is 0 Å². The highest BCUT2D eigenvalue weighted by Crippen LogP contribution is 2.29. The van der Waals surface area contributed by atoms with Crippen LogP contribution in [-0.4, -0.2) is 34.2 Å². The Hall–Kier alpha value is -2.63. The number of methoxy groups -OCH3 is 2. The lowest BCUT2D eigenvalue weighted by atomic mass is 10.2. The second-order valence-electron chi connectivity index (χ2n) is 3.89. The first-order valence-electron chi connectivity index (χ1n) is 5.72. The summed E-state index contributed by atoms with van der Waals surface area (Å²) in [6.45, 7) is 0. The molecule has 3 aromatic rings. The Kier molecular flexibility index (Phi) is 2.75. The van der Waals surface area contributed by atoms with Crippen LogP contribution in [0.15, 0.2) is 36.5 Å². The van der Waals surface area contributed by atoms with Crippen molar-refractivity contribution in [1.82, 2.24) is 20.0 Å². The van der Waals surface area contributed by atoms with E-state index in [1.165, 1.54) is 0 Å². The van der Waals surface area contributed by atoms with Crippen molar-refractivity contribution in [3.8, 4) is 17.2 Å². The van der Waals surface area contributed by atoms with Crippen LogP contribution in [0.25, 0.3) is 16.9 Å². The molecule has 0 unspecified atom stereocenters. The first kappa shape index (κ1) is 11.5. The minimum Gasteiger partial charge on any atom is -0.493 e. The average Bonchev–Trinajstić information content (AvgIpc) is 2.90. The number of rotatable bonds is 3. The van der Waals surface area contributed by atoms with E-state index in [0.29, 0.717) is 17.1 Å². The Morgan fingerprint density at radius 2 is 1.89 bits per heavy atom. The van der Waals surface area contributed by atoms with Gasteiger partial charge in [0.05, 0.1) is 19.9 Å².